The first-order valence-corrected chi connectivity index (χ1v) is 8.94. The Morgan fingerprint density at radius 3 is 2.61 bits per heavy atom. The number of hydrogen-bond acceptors (Lipinski definition) is 2. The van der Waals surface area contributed by atoms with Crippen molar-refractivity contribution in [2.45, 2.75) is 65.4 Å². The zero-order valence-electron chi connectivity index (χ0n) is 14.6. The molecule has 3 heteroatoms. The van der Waals surface area contributed by atoms with Crippen LogP contribution in [0.5, 0.6) is 0 Å². The van der Waals surface area contributed by atoms with Crippen LogP contribution in [0.4, 0.5) is 0 Å². The third-order valence-corrected chi connectivity index (χ3v) is 7.44. The highest BCUT2D eigenvalue weighted by Crippen LogP contribution is 2.63. The summed E-state index contributed by atoms with van der Waals surface area (Å²) >= 11 is 0. The molecule has 0 unspecified atom stereocenters. The minimum Gasteiger partial charge on any atom is -0.481 e. The van der Waals surface area contributed by atoms with Gasteiger partial charge in [-0.1, -0.05) is 32.4 Å². The van der Waals surface area contributed by atoms with Gasteiger partial charge in [-0.2, -0.15) is 0 Å². The van der Waals surface area contributed by atoms with Crippen LogP contribution in [0.15, 0.2) is 24.3 Å². The van der Waals surface area contributed by atoms with E-state index in [0.29, 0.717) is 12.3 Å². The number of aliphatic carboxylic acids is 1. The van der Waals surface area contributed by atoms with Gasteiger partial charge in [-0.05, 0) is 61.9 Å². The minimum atomic E-state index is -0.710. The molecule has 0 spiro atoms. The average molecular weight is 318 g/mol. The first-order chi connectivity index (χ1) is 10.7. The molecular formula is C20H30O3. The Kier molecular flexibility index (Phi) is 3.79. The van der Waals surface area contributed by atoms with E-state index in [2.05, 4.69) is 26.5 Å². The number of aliphatic hydroxyl groups excluding tert-OH is 1. The summed E-state index contributed by atoms with van der Waals surface area (Å²) in [6.45, 7) is 10.3. The smallest absolute Gasteiger partial charge is 0.309 e. The fraction of sp³-hybridized carbons (Fsp3) is 0.750. The number of hydrogen-bond donors (Lipinski definition) is 2. The van der Waals surface area contributed by atoms with E-state index in [1.807, 2.05) is 13.0 Å². The predicted molar refractivity (Wildman–Crippen MR) is 90.9 cm³/mol. The SMILES string of the molecule is C=C[C@@]1(C)C=C2[C@H](O)C[C@@H]3[C@](C)(CCC[C@@]3(C)C(=O)O)[C@@H]2CC1. The van der Waals surface area contributed by atoms with Gasteiger partial charge in [0.15, 0.2) is 0 Å². The Morgan fingerprint density at radius 2 is 2.00 bits per heavy atom. The van der Waals surface area contributed by atoms with Crippen LogP contribution in [-0.2, 0) is 4.79 Å². The molecule has 0 saturated heterocycles. The number of rotatable bonds is 2. The Balaban J connectivity index is 2.05. The summed E-state index contributed by atoms with van der Waals surface area (Å²) in [6, 6.07) is 0. The Morgan fingerprint density at radius 1 is 1.30 bits per heavy atom. The van der Waals surface area contributed by atoms with Gasteiger partial charge in [-0.25, -0.2) is 0 Å². The van der Waals surface area contributed by atoms with Crippen molar-refractivity contribution in [2.24, 2.45) is 28.1 Å². The molecule has 128 valence electrons. The van der Waals surface area contributed by atoms with Gasteiger partial charge in [0, 0.05) is 5.41 Å². The van der Waals surface area contributed by atoms with E-state index in [1.54, 1.807) is 0 Å². The number of fused-ring (bicyclic) bond motifs is 3. The first-order valence-electron chi connectivity index (χ1n) is 8.94. The van der Waals surface area contributed by atoms with Crippen molar-refractivity contribution in [2.75, 3.05) is 0 Å². The predicted octanol–water partition coefficient (Wildman–Crippen LogP) is 4.18. The van der Waals surface area contributed by atoms with Crippen molar-refractivity contribution in [3.8, 4) is 0 Å². The molecule has 0 bridgehead atoms. The molecular weight excluding hydrogens is 288 g/mol. The van der Waals surface area contributed by atoms with Gasteiger partial charge in [0.25, 0.3) is 0 Å². The lowest BCUT2D eigenvalue weighted by molar-refractivity contribution is -0.168. The second-order valence-electron chi connectivity index (χ2n) is 8.83. The summed E-state index contributed by atoms with van der Waals surface area (Å²) in [5.41, 5.74) is 0.380. The van der Waals surface area contributed by atoms with Crippen molar-refractivity contribution in [1.82, 2.24) is 0 Å². The molecule has 0 heterocycles. The molecule has 3 aliphatic rings. The summed E-state index contributed by atoms with van der Waals surface area (Å²) in [4.78, 5) is 12.0. The van der Waals surface area contributed by atoms with Gasteiger partial charge in [0.2, 0.25) is 0 Å². The lowest BCUT2D eigenvalue weighted by Crippen LogP contribution is -2.57. The second-order valence-corrected chi connectivity index (χ2v) is 8.83. The van der Waals surface area contributed by atoms with Crippen molar-refractivity contribution in [3.63, 3.8) is 0 Å². The molecule has 0 aromatic carbocycles. The van der Waals surface area contributed by atoms with Crippen LogP contribution < -0.4 is 0 Å². The Hall–Kier alpha value is -1.09. The summed E-state index contributed by atoms with van der Waals surface area (Å²) < 4.78 is 0. The zero-order valence-corrected chi connectivity index (χ0v) is 14.6. The molecule has 6 atom stereocenters. The van der Waals surface area contributed by atoms with Gasteiger partial charge < -0.3 is 10.2 Å². The summed E-state index contributed by atoms with van der Waals surface area (Å²) in [5.74, 6) is -0.338. The Bertz CT molecular complexity index is 565. The van der Waals surface area contributed by atoms with Crippen LogP contribution >= 0.6 is 0 Å². The van der Waals surface area contributed by atoms with E-state index in [0.717, 1.165) is 37.7 Å². The summed E-state index contributed by atoms with van der Waals surface area (Å²) in [5, 5.41) is 20.6. The molecule has 0 aromatic heterocycles. The first kappa shape index (κ1) is 16.8. The van der Waals surface area contributed by atoms with Crippen LogP contribution in [0.25, 0.3) is 0 Å². The zero-order chi connectivity index (χ0) is 17.0. The maximum absolute atomic E-state index is 12.0. The number of aliphatic hydroxyl groups is 1. The molecule has 3 rings (SSSR count). The Labute approximate surface area is 139 Å². The van der Waals surface area contributed by atoms with Crippen molar-refractivity contribution in [1.29, 1.82) is 0 Å². The van der Waals surface area contributed by atoms with Gasteiger partial charge >= 0.3 is 5.97 Å². The lowest BCUT2D eigenvalue weighted by Gasteiger charge is -2.60. The third kappa shape index (κ3) is 2.31. The molecule has 3 nitrogen and oxygen atoms in total. The molecule has 3 aliphatic carbocycles. The quantitative estimate of drug-likeness (QED) is 0.751. The topological polar surface area (TPSA) is 57.5 Å². The highest BCUT2D eigenvalue weighted by Gasteiger charge is 2.60. The minimum absolute atomic E-state index is 0.0149. The molecule has 0 aromatic rings. The maximum Gasteiger partial charge on any atom is 0.309 e. The lowest BCUT2D eigenvalue weighted by atomic mass is 9.44. The van der Waals surface area contributed by atoms with Crippen LogP contribution in [-0.4, -0.2) is 22.3 Å². The van der Waals surface area contributed by atoms with Gasteiger partial charge in [0.1, 0.15) is 0 Å². The fourth-order valence-corrected chi connectivity index (χ4v) is 5.85. The van der Waals surface area contributed by atoms with E-state index in [1.165, 1.54) is 0 Å². The standard InChI is InChI=1S/C20H30O3/c1-5-18(2)10-7-14-13(12-18)15(21)11-16-19(14,3)8-6-9-20(16,4)17(22)23/h5,12,14-16,21H,1,6-11H2,2-4H3,(H,22,23)/t14-,15-,16-,18-,19-,20-/m1/s1. The second kappa shape index (κ2) is 5.20. The number of carboxylic acid groups (broad SMARTS) is 1. The molecule has 23 heavy (non-hydrogen) atoms. The summed E-state index contributed by atoms with van der Waals surface area (Å²) in [6.07, 6.45) is 9.10. The molecule has 0 amide bonds. The van der Waals surface area contributed by atoms with Crippen molar-refractivity contribution < 1.29 is 15.0 Å². The highest BCUT2D eigenvalue weighted by molar-refractivity contribution is 5.75. The van der Waals surface area contributed by atoms with E-state index >= 15 is 0 Å². The molecule has 0 radical (unpaired) electrons. The molecule has 2 fully saturated rings. The van der Waals surface area contributed by atoms with E-state index in [9.17, 15) is 15.0 Å². The largest absolute Gasteiger partial charge is 0.481 e. The van der Waals surface area contributed by atoms with Crippen molar-refractivity contribution in [3.05, 3.63) is 24.3 Å². The van der Waals surface area contributed by atoms with Gasteiger partial charge in [0.05, 0.1) is 11.5 Å². The van der Waals surface area contributed by atoms with Gasteiger partial charge in [-0.3, -0.25) is 4.79 Å². The maximum atomic E-state index is 12.0. The normalized spacial score (nSPS) is 49.6. The van der Waals surface area contributed by atoms with Gasteiger partial charge in [-0.15, -0.1) is 6.58 Å². The number of allylic oxidation sites excluding steroid dienone is 2. The fourth-order valence-electron chi connectivity index (χ4n) is 5.85. The monoisotopic (exact) mass is 318 g/mol. The highest BCUT2D eigenvalue weighted by atomic mass is 16.4. The van der Waals surface area contributed by atoms with Crippen LogP contribution in [0.1, 0.15) is 59.3 Å². The molecule has 0 aliphatic heterocycles. The van der Waals surface area contributed by atoms with Crippen molar-refractivity contribution >= 4 is 5.97 Å². The van der Waals surface area contributed by atoms with Crippen LogP contribution in [0.3, 0.4) is 0 Å². The van der Waals surface area contributed by atoms with E-state index in [-0.39, 0.29) is 16.7 Å². The number of carboxylic acids is 1. The molecule has 2 N–H and O–H groups in total. The van der Waals surface area contributed by atoms with E-state index in [4.69, 9.17) is 0 Å². The summed E-state index contributed by atoms with van der Waals surface area (Å²) in [7, 11) is 0. The third-order valence-electron chi connectivity index (χ3n) is 7.44. The average Bonchev–Trinajstić information content (AvgIpc) is 2.50. The number of carbonyl (C=O) groups is 1. The van der Waals surface area contributed by atoms with Crippen LogP contribution in [0.2, 0.25) is 0 Å². The van der Waals surface area contributed by atoms with E-state index < -0.39 is 17.5 Å². The molecule has 2 saturated carbocycles. The van der Waals surface area contributed by atoms with Crippen LogP contribution in [0, 0.1) is 28.1 Å².